The first-order valence-electron chi connectivity index (χ1n) is 12.9. The van der Waals surface area contributed by atoms with Crippen LogP contribution >= 0.6 is 0 Å². The summed E-state index contributed by atoms with van der Waals surface area (Å²) in [6, 6.07) is 0.370. The molecule has 0 radical (unpaired) electrons. The third-order valence-corrected chi connectivity index (χ3v) is 7.75. The van der Waals surface area contributed by atoms with Crippen molar-refractivity contribution < 1.29 is 22.4 Å². The Morgan fingerprint density at radius 1 is 1.39 bits per heavy atom. The van der Waals surface area contributed by atoms with Crippen molar-refractivity contribution in [3.8, 4) is 0 Å². The molecule has 1 fully saturated rings. The van der Waals surface area contributed by atoms with Gasteiger partial charge in [0.05, 0.1) is 4.91 Å². The smallest absolute Gasteiger partial charge is 0.229 e. The number of aliphatic imine (C=N–C) groups is 2. The minimum atomic E-state index is -3.50. The monoisotopic (exact) mass is 552 g/mol. The minimum Gasteiger partial charge on any atom is -0.388 e. The fraction of sp³-hybridized carbons (Fsp3) is 0.615. The largest absolute Gasteiger partial charge is 0.388 e. The quantitative estimate of drug-likeness (QED) is 0.189. The van der Waals surface area contributed by atoms with Gasteiger partial charge in [0.1, 0.15) is 24.6 Å². The summed E-state index contributed by atoms with van der Waals surface area (Å²) in [5.74, 6) is 1.02. The predicted octanol–water partition coefficient (Wildman–Crippen LogP) is 4.04. The fourth-order valence-corrected chi connectivity index (χ4v) is 5.52. The lowest BCUT2D eigenvalue weighted by Gasteiger charge is -2.33. The second kappa shape index (κ2) is 15.0. The van der Waals surface area contributed by atoms with Crippen molar-refractivity contribution in [1.29, 1.82) is 0 Å². The highest BCUT2D eigenvalue weighted by Crippen LogP contribution is 2.37. The molecule has 0 saturated carbocycles. The van der Waals surface area contributed by atoms with Gasteiger partial charge >= 0.3 is 0 Å². The molecule has 0 aliphatic carbocycles. The fourth-order valence-electron chi connectivity index (χ4n) is 4.75. The summed E-state index contributed by atoms with van der Waals surface area (Å²) in [4.78, 5) is 15.0. The van der Waals surface area contributed by atoms with Crippen molar-refractivity contribution in [3.63, 3.8) is 0 Å². The van der Waals surface area contributed by atoms with E-state index in [4.69, 9.17) is 4.52 Å². The Hall–Kier alpha value is -2.70. The highest BCUT2D eigenvalue weighted by molar-refractivity contribution is 7.94. The average molecular weight is 553 g/mol. The van der Waals surface area contributed by atoms with Gasteiger partial charge in [0.25, 0.3) is 0 Å². The molecule has 1 saturated heterocycles. The third kappa shape index (κ3) is 8.95. The standard InChI is InChI=1S/C26H41FN6O4S/c1-7-9-20(26-31-24(16-34)32-37-26)12-22-11-10-19(4)33(22)25(30-17-28-5)18(3)14-29-15-21(27)13-23(8-2)38(6,35)36/h8,13,17,19-20,22,29,34H,5,7,9-12,14-16H2,1-4,6H3/b21-13+,23-8+,25-18+,30-17-. The van der Waals surface area contributed by atoms with Gasteiger partial charge in [-0.15, -0.1) is 0 Å². The first kappa shape index (κ1) is 31.5. The molecule has 10 nitrogen and oxygen atoms in total. The second-order valence-corrected chi connectivity index (χ2v) is 11.6. The number of sulfone groups is 1. The number of aliphatic hydroxyl groups excluding tert-OH is 1. The van der Waals surface area contributed by atoms with Crippen LogP contribution in [0.4, 0.5) is 4.39 Å². The van der Waals surface area contributed by atoms with Crippen molar-refractivity contribution in [2.75, 3.05) is 19.3 Å². The third-order valence-electron chi connectivity index (χ3n) is 6.54. The van der Waals surface area contributed by atoms with E-state index in [9.17, 15) is 17.9 Å². The van der Waals surface area contributed by atoms with Crippen LogP contribution in [0.25, 0.3) is 0 Å². The van der Waals surface area contributed by atoms with Crippen LogP contribution in [-0.2, 0) is 16.4 Å². The highest BCUT2D eigenvalue weighted by Gasteiger charge is 2.35. The van der Waals surface area contributed by atoms with E-state index < -0.39 is 15.7 Å². The van der Waals surface area contributed by atoms with Gasteiger partial charge in [-0.05, 0) is 64.8 Å². The van der Waals surface area contributed by atoms with Gasteiger partial charge in [-0.25, -0.2) is 17.8 Å². The molecule has 3 unspecified atom stereocenters. The van der Waals surface area contributed by atoms with E-state index in [1.54, 1.807) is 6.92 Å². The average Bonchev–Trinajstić information content (AvgIpc) is 3.49. The molecule has 0 spiro atoms. The molecule has 1 aliphatic rings. The predicted molar refractivity (Wildman–Crippen MR) is 148 cm³/mol. The van der Waals surface area contributed by atoms with Gasteiger partial charge in [-0.2, -0.15) is 4.98 Å². The number of allylic oxidation sites excluding steroid dienone is 2. The summed E-state index contributed by atoms with van der Waals surface area (Å²) in [5, 5.41) is 16.2. The minimum absolute atomic E-state index is 0.0432. The molecule has 3 atom stereocenters. The van der Waals surface area contributed by atoms with E-state index in [0.717, 1.165) is 55.8 Å². The van der Waals surface area contributed by atoms with Crippen LogP contribution in [-0.4, -0.2) is 73.0 Å². The molecular formula is C26H41FN6O4S. The van der Waals surface area contributed by atoms with Gasteiger partial charge in [-0.3, -0.25) is 4.99 Å². The molecule has 1 aromatic heterocycles. The molecule has 2 N–H and O–H groups in total. The molecule has 2 heterocycles. The van der Waals surface area contributed by atoms with E-state index in [-0.39, 0.29) is 41.9 Å². The Labute approximate surface area is 225 Å². The van der Waals surface area contributed by atoms with Crippen LogP contribution in [0.3, 0.4) is 0 Å². The lowest BCUT2D eigenvalue weighted by atomic mass is 9.93. The number of aliphatic hydroxyl groups is 1. The first-order valence-corrected chi connectivity index (χ1v) is 14.8. The number of nitrogens with zero attached hydrogens (tertiary/aromatic N) is 5. The number of rotatable bonds is 15. The van der Waals surface area contributed by atoms with E-state index in [0.29, 0.717) is 12.4 Å². The maximum Gasteiger partial charge on any atom is 0.229 e. The zero-order chi connectivity index (χ0) is 28.3. The molecule has 1 aliphatic heterocycles. The maximum absolute atomic E-state index is 14.4. The first-order chi connectivity index (χ1) is 18.0. The number of halogens is 1. The van der Waals surface area contributed by atoms with Crippen molar-refractivity contribution in [3.05, 3.63) is 46.0 Å². The van der Waals surface area contributed by atoms with Crippen molar-refractivity contribution in [1.82, 2.24) is 20.4 Å². The van der Waals surface area contributed by atoms with Gasteiger partial charge < -0.3 is 19.8 Å². The van der Waals surface area contributed by atoms with Gasteiger partial charge in [0, 0.05) is 37.3 Å². The zero-order valence-electron chi connectivity index (χ0n) is 23.0. The maximum atomic E-state index is 14.4. The molecule has 0 amide bonds. The Morgan fingerprint density at radius 2 is 2.13 bits per heavy atom. The van der Waals surface area contributed by atoms with Crippen LogP contribution < -0.4 is 5.32 Å². The van der Waals surface area contributed by atoms with E-state index in [1.807, 2.05) is 6.92 Å². The van der Waals surface area contributed by atoms with Crippen LogP contribution in [0.2, 0.25) is 0 Å². The molecular weight excluding hydrogens is 511 g/mol. The topological polar surface area (TPSA) is 133 Å². The summed E-state index contributed by atoms with van der Waals surface area (Å²) in [7, 11) is -3.50. The van der Waals surface area contributed by atoms with Crippen molar-refractivity contribution in [2.24, 2.45) is 9.98 Å². The summed E-state index contributed by atoms with van der Waals surface area (Å²) < 4.78 is 43.4. The summed E-state index contributed by atoms with van der Waals surface area (Å²) in [5.41, 5.74) is 0.887. The number of likely N-dealkylation sites (tertiary alicyclic amines) is 1. The Morgan fingerprint density at radius 3 is 2.71 bits per heavy atom. The normalized spacial score (nSPS) is 20.8. The second-order valence-electron chi connectivity index (χ2n) is 9.60. The highest BCUT2D eigenvalue weighted by atomic mass is 32.2. The molecule has 0 aromatic carbocycles. The van der Waals surface area contributed by atoms with Crippen LogP contribution in [0.15, 0.2) is 48.8 Å². The van der Waals surface area contributed by atoms with Crippen molar-refractivity contribution >= 4 is 22.9 Å². The molecule has 212 valence electrons. The van der Waals surface area contributed by atoms with Gasteiger partial charge in [0.15, 0.2) is 15.7 Å². The molecule has 2 rings (SSSR count). The Balaban J connectivity index is 2.24. The van der Waals surface area contributed by atoms with E-state index in [2.05, 4.69) is 50.9 Å². The summed E-state index contributed by atoms with van der Waals surface area (Å²) in [6.45, 7) is 11.2. The van der Waals surface area contributed by atoms with E-state index in [1.165, 1.54) is 12.4 Å². The number of nitrogens with one attached hydrogen (secondary N) is 1. The van der Waals surface area contributed by atoms with Crippen LogP contribution in [0.5, 0.6) is 0 Å². The molecule has 1 aromatic rings. The molecule has 38 heavy (non-hydrogen) atoms. The SMILES string of the molecule is C=N/C=N\C(=C(\C)CNC/C(F)=C\C(=C/C)S(C)(=O)=O)N1C(C)CCC1CC(CCC)c1nc(CO)no1. The van der Waals surface area contributed by atoms with Crippen molar-refractivity contribution in [2.45, 2.75) is 84.4 Å². The summed E-state index contributed by atoms with van der Waals surface area (Å²) >= 11 is 0. The lowest BCUT2D eigenvalue weighted by molar-refractivity contribution is 0.222. The van der Waals surface area contributed by atoms with Gasteiger partial charge in [0.2, 0.25) is 5.89 Å². The zero-order valence-corrected chi connectivity index (χ0v) is 23.8. The van der Waals surface area contributed by atoms with Crippen LogP contribution in [0, 0.1) is 0 Å². The number of hydrogen-bond donors (Lipinski definition) is 2. The Bertz CT molecular complexity index is 1160. The Kier molecular flexibility index (Phi) is 12.5. The number of aromatic nitrogens is 2. The molecule has 12 heteroatoms. The number of hydrogen-bond acceptors (Lipinski definition) is 9. The van der Waals surface area contributed by atoms with Crippen LogP contribution in [0.1, 0.15) is 77.4 Å². The van der Waals surface area contributed by atoms with Gasteiger partial charge in [-0.1, -0.05) is 24.6 Å². The molecule has 0 bridgehead atoms. The summed E-state index contributed by atoms with van der Waals surface area (Å²) in [6.07, 6.45) is 9.39. The lowest BCUT2D eigenvalue weighted by Crippen LogP contribution is -2.36. The van der Waals surface area contributed by atoms with E-state index >= 15 is 0 Å².